The van der Waals surface area contributed by atoms with Gasteiger partial charge in [-0.25, -0.2) is 0 Å². The number of nitrogens with one attached hydrogen (secondary N) is 2. The highest BCUT2D eigenvalue weighted by Gasteiger charge is 2.40. The lowest BCUT2D eigenvalue weighted by Crippen LogP contribution is -2.61. The van der Waals surface area contributed by atoms with Crippen molar-refractivity contribution in [2.24, 2.45) is 5.92 Å². The van der Waals surface area contributed by atoms with E-state index >= 15 is 0 Å². The van der Waals surface area contributed by atoms with Crippen molar-refractivity contribution in [3.8, 4) is 0 Å². The Morgan fingerprint density at radius 3 is 2.80 bits per heavy atom. The van der Waals surface area contributed by atoms with Gasteiger partial charge in [0, 0.05) is 27.2 Å². The zero-order chi connectivity index (χ0) is 14.7. The van der Waals surface area contributed by atoms with Crippen molar-refractivity contribution in [1.29, 1.82) is 0 Å². The number of piperidine rings is 2. The fourth-order valence-corrected chi connectivity index (χ4v) is 3.29. The zero-order valence-electron chi connectivity index (χ0n) is 12.7. The molecule has 0 spiro atoms. The van der Waals surface area contributed by atoms with Crippen LogP contribution in [0.15, 0.2) is 0 Å². The Kier molecular flexibility index (Phi) is 4.99. The lowest BCUT2D eigenvalue weighted by atomic mass is 9.88. The molecular formula is C14H26N4O2. The van der Waals surface area contributed by atoms with E-state index in [2.05, 4.69) is 10.6 Å². The minimum atomic E-state index is -0.0965. The van der Waals surface area contributed by atoms with Gasteiger partial charge in [-0.15, -0.1) is 0 Å². The second kappa shape index (κ2) is 6.54. The summed E-state index contributed by atoms with van der Waals surface area (Å²) in [7, 11) is 5.40. The summed E-state index contributed by atoms with van der Waals surface area (Å²) in [4.78, 5) is 28.4. The SMILES string of the molecule is CNC1CCCN([C@H]2CNCC[C@@H]2C(=O)N(C)C)C1=O. The molecule has 2 aliphatic heterocycles. The Labute approximate surface area is 120 Å². The molecule has 1 unspecified atom stereocenters. The van der Waals surface area contributed by atoms with E-state index in [0.29, 0.717) is 6.54 Å². The molecule has 2 amide bonds. The van der Waals surface area contributed by atoms with Crippen LogP contribution in [-0.2, 0) is 9.59 Å². The highest BCUT2D eigenvalue weighted by molar-refractivity contribution is 5.85. The number of carbonyl (C=O) groups is 2. The van der Waals surface area contributed by atoms with Crippen LogP contribution in [0.25, 0.3) is 0 Å². The Morgan fingerprint density at radius 2 is 2.15 bits per heavy atom. The first-order chi connectivity index (χ1) is 9.56. The van der Waals surface area contributed by atoms with Crippen molar-refractivity contribution < 1.29 is 9.59 Å². The van der Waals surface area contributed by atoms with Crippen molar-refractivity contribution in [2.45, 2.75) is 31.3 Å². The number of hydrogen-bond donors (Lipinski definition) is 2. The predicted molar refractivity (Wildman–Crippen MR) is 77.3 cm³/mol. The van der Waals surface area contributed by atoms with E-state index in [-0.39, 0.29) is 29.8 Å². The van der Waals surface area contributed by atoms with Gasteiger partial charge in [0.2, 0.25) is 11.8 Å². The van der Waals surface area contributed by atoms with E-state index in [1.54, 1.807) is 19.0 Å². The number of likely N-dealkylation sites (N-methyl/N-ethyl adjacent to an activating group) is 1. The first-order valence-electron chi connectivity index (χ1n) is 7.46. The molecule has 20 heavy (non-hydrogen) atoms. The minimum absolute atomic E-state index is 0.0118. The number of rotatable bonds is 3. The minimum Gasteiger partial charge on any atom is -0.349 e. The predicted octanol–water partition coefficient (Wildman–Crippen LogP) is -0.737. The average molecular weight is 282 g/mol. The van der Waals surface area contributed by atoms with Crippen molar-refractivity contribution in [2.75, 3.05) is 40.8 Å². The molecule has 0 aromatic rings. The van der Waals surface area contributed by atoms with E-state index in [4.69, 9.17) is 0 Å². The van der Waals surface area contributed by atoms with E-state index in [1.165, 1.54) is 0 Å². The van der Waals surface area contributed by atoms with Crippen molar-refractivity contribution in [3.05, 3.63) is 0 Å². The third kappa shape index (κ3) is 2.96. The first-order valence-corrected chi connectivity index (χ1v) is 7.46. The summed E-state index contributed by atoms with van der Waals surface area (Å²) in [5.41, 5.74) is 0. The topological polar surface area (TPSA) is 64.7 Å². The first kappa shape index (κ1) is 15.3. The van der Waals surface area contributed by atoms with E-state index in [0.717, 1.165) is 32.4 Å². The second-order valence-electron chi connectivity index (χ2n) is 5.91. The fraction of sp³-hybridized carbons (Fsp3) is 0.857. The van der Waals surface area contributed by atoms with Gasteiger partial charge >= 0.3 is 0 Å². The number of carbonyl (C=O) groups excluding carboxylic acids is 2. The van der Waals surface area contributed by atoms with Crippen LogP contribution >= 0.6 is 0 Å². The summed E-state index contributed by atoms with van der Waals surface area (Å²) < 4.78 is 0. The van der Waals surface area contributed by atoms with Crippen molar-refractivity contribution in [1.82, 2.24) is 20.4 Å². The van der Waals surface area contributed by atoms with Gasteiger partial charge in [0.05, 0.1) is 18.0 Å². The molecule has 0 aromatic heterocycles. The Hall–Kier alpha value is -1.14. The zero-order valence-corrected chi connectivity index (χ0v) is 12.7. The van der Waals surface area contributed by atoms with Crippen molar-refractivity contribution in [3.63, 3.8) is 0 Å². The molecule has 2 heterocycles. The quantitative estimate of drug-likeness (QED) is 0.716. The standard InChI is InChI=1S/C14H26N4O2/c1-15-11-5-4-8-18(14(11)20)12-9-16-7-6-10(12)13(19)17(2)3/h10-12,15-16H,4-9H2,1-3H3/t10-,11?,12-/m0/s1. The van der Waals surface area contributed by atoms with Gasteiger partial charge in [-0.2, -0.15) is 0 Å². The highest BCUT2D eigenvalue weighted by atomic mass is 16.2. The maximum absolute atomic E-state index is 12.5. The summed E-state index contributed by atoms with van der Waals surface area (Å²) >= 11 is 0. The summed E-state index contributed by atoms with van der Waals surface area (Å²) in [6.45, 7) is 2.32. The molecule has 2 aliphatic rings. The van der Waals surface area contributed by atoms with Crippen LogP contribution in [0.3, 0.4) is 0 Å². The van der Waals surface area contributed by atoms with Crippen LogP contribution in [-0.4, -0.2) is 74.5 Å². The van der Waals surface area contributed by atoms with E-state index in [9.17, 15) is 9.59 Å². The Balaban J connectivity index is 2.14. The third-order valence-corrected chi connectivity index (χ3v) is 4.43. The van der Waals surface area contributed by atoms with Crippen molar-refractivity contribution >= 4 is 11.8 Å². The molecule has 2 N–H and O–H groups in total. The normalized spacial score (nSPS) is 31.2. The van der Waals surface area contributed by atoms with Gasteiger partial charge in [0.1, 0.15) is 0 Å². The molecular weight excluding hydrogens is 256 g/mol. The molecule has 6 heteroatoms. The summed E-state index contributed by atoms with van der Waals surface area (Å²) in [5.74, 6) is 0.200. The molecule has 3 atom stereocenters. The molecule has 0 aliphatic carbocycles. The van der Waals surface area contributed by atoms with Gasteiger partial charge in [-0.1, -0.05) is 0 Å². The Bertz CT molecular complexity index is 372. The van der Waals surface area contributed by atoms with Crippen LogP contribution < -0.4 is 10.6 Å². The monoisotopic (exact) mass is 282 g/mol. The summed E-state index contributed by atoms with van der Waals surface area (Å²) in [6.07, 6.45) is 2.69. The molecule has 114 valence electrons. The molecule has 0 aromatic carbocycles. The molecule has 6 nitrogen and oxygen atoms in total. The van der Waals surface area contributed by atoms with Crippen LogP contribution in [0.1, 0.15) is 19.3 Å². The molecule has 0 saturated carbocycles. The van der Waals surface area contributed by atoms with Gasteiger partial charge in [0.15, 0.2) is 0 Å². The number of amides is 2. The fourth-order valence-electron chi connectivity index (χ4n) is 3.29. The van der Waals surface area contributed by atoms with Crippen LogP contribution in [0.4, 0.5) is 0 Å². The maximum atomic E-state index is 12.5. The van der Waals surface area contributed by atoms with Gasteiger partial charge in [0.25, 0.3) is 0 Å². The molecule has 2 rings (SSSR count). The average Bonchev–Trinajstić information content (AvgIpc) is 2.46. The maximum Gasteiger partial charge on any atom is 0.240 e. The van der Waals surface area contributed by atoms with Gasteiger partial charge in [-0.3, -0.25) is 9.59 Å². The number of nitrogens with zero attached hydrogens (tertiary/aromatic N) is 2. The summed E-state index contributed by atoms with van der Waals surface area (Å²) in [5, 5.41) is 6.41. The third-order valence-electron chi connectivity index (χ3n) is 4.43. The second-order valence-corrected chi connectivity index (χ2v) is 5.91. The van der Waals surface area contributed by atoms with Crippen LogP contribution in [0.2, 0.25) is 0 Å². The lowest BCUT2D eigenvalue weighted by Gasteiger charge is -2.43. The number of hydrogen-bond acceptors (Lipinski definition) is 4. The molecule has 0 radical (unpaired) electrons. The van der Waals surface area contributed by atoms with Crippen LogP contribution in [0, 0.1) is 5.92 Å². The molecule has 2 saturated heterocycles. The van der Waals surface area contributed by atoms with E-state index < -0.39 is 0 Å². The smallest absolute Gasteiger partial charge is 0.240 e. The van der Waals surface area contributed by atoms with Gasteiger partial charge < -0.3 is 20.4 Å². The van der Waals surface area contributed by atoms with E-state index in [1.807, 2.05) is 11.9 Å². The molecule has 2 fully saturated rings. The largest absolute Gasteiger partial charge is 0.349 e. The molecule has 0 bridgehead atoms. The lowest BCUT2D eigenvalue weighted by molar-refractivity contribution is -0.145. The van der Waals surface area contributed by atoms with Crippen LogP contribution in [0.5, 0.6) is 0 Å². The summed E-state index contributed by atoms with van der Waals surface area (Å²) in [6, 6.07) is -0.108. The number of likely N-dealkylation sites (tertiary alicyclic amines) is 1. The van der Waals surface area contributed by atoms with Gasteiger partial charge in [-0.05, 0) is 32.9 Å². The highest BCUT2D eigenvalue weighted by Crippen LogP contribution is 2.24. The Morgan fingerprint density at radius 1 is 1.40 bits per heavy atom.